The molecule has 0 radical (unpaired) electrons. The summed E-state index contributed by atoms with van der Waals surface area (Å²) < 4.78 is 30.6. The zero-order valence-electron chi connectivity index (χ0n) is 20.4. The molecule has 0 unspecified atom stereocenters. The molecule has 0 aliphatic carbocycles. The normalized spacial score (nSPS) is 14.6. The van der Waals surface area contributed by atoms with E-state index in [1.165, 1.54) is 18.2 Å². The van der Waals surface area contributed by atoms with Crippen LogP contribution in [0.15, 0.2) is 60.7 Å². The molecule has 1 aromatic heterocycles. The lowest BCUT2D eigenvalue weighted by atomic mass is 10.1. The number of para-hydroxylation sites is 1. The Balaban J connectivity index is 1.24. The van der Waals surface area contributed by atoms with E-state index in [9.17, 15) is 19.0 Å². The fourth-order valence-corrected chi connectivity index (χ4v) is 5.33. The van der Waals surface area contributed by atoms with E-state index < -0.39 is 11.6 Å². The minimum atomic E-state index is -0.504. The molecule has 1 fully saturated rings. The molecule has 5 rings (SSSR count). The standard InChI is InChI=1S/C29H31F2N3O2/c1-20-24-19-23(36)11-12-27(24)34(28(20)21-7-9-22(35)10-8-21)14-3-2-13-32-15-17-33(18-16-32)29-25(30)5-4-6-26(29)31/h4-12,19,35-36H,2-3,13-18H2,1H3. The van der Waals surface area contributed by atoms with Gasteiger partial charge in [-0.1, -0.05) is 6.07 Å². The van der Waals surface area contributed by atoms with E-state index in [-0.39, 0.29) is 17.2 Å². The van der Waals surface area contributed by atoms with Crippen LogP contribution < -0.4 is 4.90 Å². The molecule has 0 atom stereocenters. The Kier molecular flexibility index (Phi) is 6.83. The SMILES string of the molecule is Cc1c(-c2ccc(O)cc2)n(CCCCN2CCN(c3c(F)cccc3F)CC2)c2ccc(O)cc12. The molecule has 36 heavy (non-hydrogen) atoms. The van der Waals surface area contributed by atoms with Crippen LogP contribution in [0.5, 0.6) is 11.5 Å². The van der Waals surface area contributed by atoms with Crippen molar-refractivity contribution in [3.8, 4) is 22.8 Å². The number of phenolic OH excluding ortho intramolecular Hbond substituents is 2. The van der Waals surface area contributed by atoms with Gasteiger partial charge in [-0.25, -0.2) is 8.78 Å². The van der Waals surface area contributed by atoms with Crippen LogP contribution in [0.2, 0.25) is 0 Å². The molecule has 4 aromatic rings. The van der Waals surface area contributed by atoms with E-state index in [0.717, 1.165) is 66.7 Å². The molecule has 2 heterocycles. The number of halogens is 2. The highest BCUT2D eigenvalue weighted by Crippen LogP contribution is 2.36. The zero-order chi connectivity index (χ0) is 25.2. The van der Waals surface area contributed by atoms with Gasteiger partial charge in [0, 0.05) is 43.6 Å². The number of benzene rings is 3. The van der Waals surface area contributed by atoms with Gasteiger partial charge in [-0.15, -0.1) is 0 Å². The van der Waals surface area contributed by atoms with E-state index in [1.807, 2.05) is 24.3 Å². The van der Waals surface area contributed by atoms with Crippen LogP contribution in [-0.2, 0) is 6.54 Å². The second kappa shape index (κ2) is 10.2. The molecular weight excluding hydrogens is 460 g/mol. The molecule has 1 aliphatic heterocycles. The van der Waals surface area contributed by atoms with Crippen molar-refractivity contribution < 1.29 is 19.0 Å². The van der Waals surface area contributed by atoms with Crippen LogP contribution in [0.3, 0.4) is 0 Å². The van der Waals surface area contributed by atoms with Crippen LogP contribution in [0, 0.1) is 18.6 Å². The average molecular weight is 492 g/mol. The Bertz CT molecular complexity index is 1340. The molecule has 5 nitrogen and oxygen atoms in total. The van der Waals surface area contributed by atoms with Gasteiger partial charge in [-0.2, -0.15) is 0 Å². The molecule has 1 aliphatic rings. The summed E-state index contributed by atoms with van der Waals surface area (Å²) in [7, 11) is 0. The number of hydrogen-bond donors (Lipinski definition) is 2. The number of aromatic nitrogens is 1. The summed E-state index contributed by atoms with van der Waals surface area (Å²) in [6, 6.07) is 16.7. The number of fused-ring (bicyclic) bond motifs is 1. The summed E-state index contributed by atoms with van der Waals surface area (Å²) in [6.07, 6.45) is 1.97. The van der Waals surface area contributed by atoms with E-state index >= 15 is 0 Å². The van der Waals surface area contributed by atoms with Crippen molar-refractivity contribution >= 4 is 16.6 Å². The van der Waals surface area contributed by atoms with Gasteiger partial charge < -0.3 is 19.7 Å². The fourth-order valence-electron chi connectivity index (χ4n) is 5.33. The third-order valence-electron chi connectivity index (χ3n) is 7.17. The third kappa shape index (κ3) is 4.75. The fraction of sp³-hybridized carbons (Fsp3) is 0.310. The van der Waals surface area contributed by atoms with Crippen molar-refractivity contribution in [2.24, 2.45) is 0 Å². The van der Waals surface area contributed by atoms with E-state index in [1.54, 1.807) is 23.1 Å². The Morgan fingerprint density at radius 2 is 1.42 bits per heavy atom. The minimum absolute atomic E-state index is 0.0832. The minimum Gasteiger partial charge on any atom is -0.508 e. The molecule has 0 bridgehead atoms. The number of nitrogens with zero attached hydrogens (tertiary/aromatic N) is 3. The molecular formula is C29H31F2N3O2. The topological polar surface area (TPSA) is 51.9 Å². The van der Waals surface area contributed by atoms with E-state index in [2.05, 4.69) is 16.4 Å². The highest BCUT2D eigenvalue weighted by atomic mass is 19.1. The first-order chi connectivity index (χ1) is 17.4. The van der Waals surface area contributed by atoms with Crippen LogP contribution in [0.1, 0.15) is 18.4 Å². The van der Waals surface area contributed by atoms with E-state index in [4.69, 9.17) is 0 Å². The Morgan fingerprint density at radius 3 is 2.11 bits per heavy atom. The lowest BCUT2D eigenvalue weighted by Crippen LogP contribution is -2.47. The molecule has 3 aromatic carbocycles. The van der Waals surface area contributed by atoms with Gasteiger partial charge >= 0.3 is 0 Å². The molecule has 7 heteroatoms. The van der Waals surface area contributed by atoms with E-state index in [0.29, 0.717) is 13.1 Å². The van der Waals surface area contributed by atoms with Gasteiger partial charge in [-0.05, 0) is 92.0 Å². The number of anilines is 1. The van der Waals surface area contributed by atoms with Crippen molar-refractivity contribution in [3.05, 3.63) is 77.9 Å². The summed E-state index contributed by atoms with van der Waals surface area (Å²) in [4.78, 5) is 4.16. The number of phenols is 2. The van der Waals surface area contributed by atoms with Gasteiger partial charge in [0.1, 0.15) is 28.8 Å². The highest BCUT2D eigenvalue weighted by molar-refractivity contribution is 5.92. The summed E-state index contributed by atoms with van der Waals surface area (Å²) in [5.41, 5.74) is 4.38. The number of piperazine rings is 1. The van der Waals surface area contributed by atoms with Crippen LogP contribution in [0.25, 0.3) is 22.2 Å². The maximum Gasteiger partial charge on any atom is 0.149 e. The number of rotatable bonds is 7. The first-order valence-electron chi connectivity index (χ1n) is 12.4. The summed E-state index contributed by atoms with van der Waals surface area (Å²) in [5.74, 6) is -0.533. The maximum atomic E-state index is 14.1. The van der Waals surface area contributed by atoms with Crippen molar-refractivity contribution in [1.29, 1.82) is 0 Å². The molecule has 0 amide bonds. The van der Waals surface area contributed by atoms with Crippen LogP contribution >= 0.6 is 0 Å². The molecule has 2 N–H and O–H groups in total. The van der Waals surface area contributed by atoms with Crippen molar-refractivity contribution in [2.45, 2.75) is 26.3 Å². The molecule has 0 saturated carbocycles. The Morgan fingerprint density at radius 1 is 0.778 bits per heavy atom. The second-order valence-electron chi connectivity index (χ2n) is 9.48. The Labute approximate surface area is 209 Å². The predicted octanol–water partition coefficient (Wildman–Crippen LogP) is 5.91. The number of aryl methyl sites for hydroxylation is 2. The number of aromatic hydroxyl groups is 2. The van der Waals surface area contributed by atoms with Crippen LogP contribution in [0.4, 0.5) is 14.5 Å². The van der Waals surface area contributed by atoms with Crippen molar-refractivity contribution in [3.63, 3.8) is 0 Å². The smallest absolute Gasteiger partial charge is 0.149 e. The quantitative estimate of drug-likeness (QED) is 0.316. The summed E-state index contributed by atoms with van der Waals surface area (Å²) in [6.45, 7) is 6.58. The Hall–Kier alpha value is -3.58. The monoisotopic (exact) mass is 491 g/mol. The van der Waals surface area contributed by atoms with Crippen molar-refractivity contribution in [1.82, 2.24) is 9.47 Å². The predicted molar refractivity (Wildman–Crippen MR) is 140 cm³/mol. The third-order valence-corrected chi connectivity index (χ3v) is 7.17. The van der Waals surface area contributed by atoms with Gasteiger partial charge in [0.2, 0.25) is 0 Å². The second-order valence-corrected chi connectivity index (χ2v) is 9.48. The number of hydrogen-bond acceptors (Lipinski definition) is 4. The summed E-state index contributed by atoms with van der Waals surface area (Å²) in [5, 5.41) is 20.8. The highest BCUT2D eigenvalue weighted by Gasteiger charge is 2.22. The van der Waals surface area contributed by atoms with Gasteiger partial charge in [-0.3, -0.25) is 4.90 Å². The largest absolute Gasteiger partial charge is 0.508 e. The average Bonchev–Trinajstić information content (AvgIpc) is 3.14. The maximum absolute atomic E-state index is 14.1. The lowest BCUT2D eigenvalue weighted by Gasteiger charge is -2.36. The van der Waals surface area contributed by atoms with Crippen LogP contribution in [-0.4, -0.2) is 52.4 Å². The van der Waals surface area contributed by atoms with Crippen molar-refractivity contribution in [2.75, 3.05) is 37.6 Å². The van der Waals surface area contributed by atoms with Gasteiger partial charge in [0.15, 0.2) is 0 Å². The zero-order valence-corrected chi connectivity index (χ0v) is 20.4. The summed E-state index contributed by atoms with van der Waals surface area (Å²) >= 11 is 0. The van der Waals surface area contributed by atoms with Gasteiger partial charge in [0.25, 0.3) is 0 Å². The number of unbranched alkanes of at least 4 members (excludes halogenated alkanes) is 1. The first-order valence-corrected chi connectivity index (χ1v) is 12.4. The lowest BCUT2D eigenvalue weighted by molar-refractivity contribution is 0.250. The molecule has 188 valence electrons. The molecule has 1 saturated heterocycles. The first kappa shape index (κ1) is 24.1. The van der Waals surface area contributed by atoms with Gasteiger partial charge in [0.05, 0.1) is 5.69 Å². The molecule has 0 spiro atoms.